The molecule has 0 aliphatic carbocycles. The van der Waals surface area contributed by atoms with E-state index in [1.54, 1.807) is 0 Å². The second-order valence-electron chi connectivity index (χ2n) is 2.13. The molecule has 0 N–H and O–H groups in total. The van der Waals surface area contributed by atoms with Crippen LogP contribution in [0.4, 0.5) is 13.2 Å². The first-order chi connectivity index (χ1) is 5.43. The average Bonchev–Trinajstić information content (AvgIpc) is 1.92. The van der Waals surface area contributed by atoms with Crippen LogP contribution in [0.1, 0.15) is 5.56 Å². The van der Waals surface area contributed by atoms with Gasteiger partial charge in [0.15, 0.2) is 0 Å². The Bertz CT molecular complexity index is 295. The molecule has 0 saturated carbocycles. The van der Waals surface area contributed by atoms with Gasteiger partial charge in [-0.05, 0) is 28.1 Å². The number of alkyl halides is 3. The number of benzene rings is 1. The van der Waals surface area contributed by atoms with Gasteiger partial charge in [0.2, 0.25) is 0 Å². The number of halogens is 4. The summed E-state index contributed by atoms with van der Waals surface area (Å²) in [6.07, 6.45) is -4.33. The molecular formula is C7H4BrF3S. The van der Waals surface area contributed by atoms with Crippen molar-refractivity contribution >= 4 is 28.6 Å². The van der Waals surface area contributed by atoms with Gasteiger partial charge in [0.1, 0.15) is 0 Å². The third-order valence-electron chi connectivity index (χ3n) is 1.29. The van der Waals surface area contributed by atoms with Crippen LogP contribution in [0.3, 0.4) is 0 Å². The molecule has 0 nitrogen and oxygen atoms in total. The quantitative estimate of drug-likeness (QED) is 0.672. The van der Waals surface area contributed by atoms with Crippen LogP contribution in [0.15, 0.2) is 27.6 Å². The van der Waals surface area contributed by atoms with E-state index >= 15 is 0 Å². The fourth-order valence-corrected chi connectivity index (χ4v) is 1.39. The van der Waals surface area contributed by atoms with Gasteiger partial charge in [-0.2, -0.15) is 13.2 Å². The summed E-state index contributed by atoms with van der Waals surface area (Å²) >= 11 is 6.70. The summed E-state index contributed by atoms with van der Waals surface area (Å²) in [6.45, 7) is 0. The first kappa shape index (κ1) is 9.92. The molecule has 1 rings (SSSR count). The molecule has 66 valence electrons. The molecule has 0 spiro atoms. The molecule has 0 bridgehead atoms. The lowest BCUT2D eigenvalue weighted by Gasteiger charge is -2.09. The van der Waals surface area contributed by atoms with Gasteiger partial charge in [-0.15, -0.1) is 12.6 Å². The third-order valence-corrected chi connectivity index (χ3v) is 2.74. The smallest absolute Gasteiger partial charge is 0.166 e. The summed E-state index contributed by atoms with van der Waals surface area (Å²) in [7, 11) is 0. The molecule has 0 atom stereocenters. The standard InChI is InChI=1S/C7H4BrF3S/c8-5-3-1-2-4(6(5)12)7(9,10)11/h1-3,12H. The van der Waals surface area contributed by atoms with Crippen LogP contribution in [0.2, 0.25) is 0 Å². The van der Waals surface area contributed by atoms with Crippen LogP contribution in [0.5, 0.6) is 0 Å². The second kappa shape index (κ2) is 3.30. The molecule has 0 unspecified atom stereocenters. The molecule has 0 radical (unpaired) electrons. The molecule has 0 aliphatic heterocycles. The van der Waals surface area contributed by atoms with Crippen LogP contribution in [0, 0.1) is 0 Å². The SMILES string of the molecule is FC(F)(F)c1cccc(Br)c1S. The molecule has 1 aromatic carbocycles. The van der Waals surface area contributed by atoms with Crippen molar-refractivity contribution in [1.29, 1.82) is 0 Å². The van der Waals surface area contributed by atoms with E-state index in [2.05, 4.69) is 28.6 Å². The van der Waals surface area contributed by atoms with E-state index in [0.29, 0.717) is 4.47 Å². The monoisotopic (exact) mass is 256 g/mol. The molecule has 0 aromatic heterocycles. The maximum absolute atomic E-state index is 12.2. The zero-order valence-electron chi connectivity index (χ0n) is 5.69. The van der Waals surface area contributed by atoms with Gasteiger partial charge >= 0.3 is 6.18 Å². The van der Waals surface area contributed by atoms with Gasteiger partial charge < -0.3 is 0 Å². The predicted molar refractivity (Wildman–Crippen MR) is 46.4 cm³/mol. The Labute approximate surface area is 81.3 Å². The van der Waals surface area contributed by atoms with Gasteiger partial charge in [-0.3, -0.25) is 0 Å². The Balaban J connectivity index is 3.26. The third kappa shape index (κ3) is 1.95. The van der Waals surface area contributed by atoms with E-state index in [4.69, 9.17) is 0 Å². The van der Waals surface area contributed by atoms with Crippen LogP contribution < -0.4 is 0 Å². The summed E-state index contributed by atoms with van der Waals surface area (Å²) in [5.74, 6) is 0. The number of hydrogen-bond donors (Lipinski definition) is 1. The van der Waals surface area contributed by atoms with Crippen molar-refractivity contribution in [1.82, 2.24) is 0 Å². The second-order valence-corrected chi connectivity index (χ2v) is 3.44. The Morgan fingerprint density at radius 2 is 1.83 bits per heavy atom. The van der Waals surface area contributed by atoms with Crippen LogP contribution in [-0.4, -0.2) is 0 Å². The van der Waals surface area contributed by atoms with E-state index in [9.17, 15) is 13.2 Å². The summed E-state index contributed by atoms with van der Waals surface area (Å²) < 4.78 is 36.8. The van der Waals surface area contributed by atoms with Crippen LogP contribution in [-0.2, 0) is 6.18 Å². The van der Waals surface area contributed by atoms with Crippen molar-refractivity contribution in [2.45, 2.75) is 11.1 Å². The van der Waals surface area contributed by atoms with Gasteiger partial charge in [0.05, 0.1) is 5.56 Å². The van der Waals surface area contributed by atoms with Crippen molar-refractivity contribution < 1.29 is 13.2 Å². The molecule has 5 heteroatoms. The van der Waals surface area contributed by atoms with E-state index in [0.717, 1.165) is 6.07 Å². The lowest BCUT2D eigenvalue weighted by Crippen LogP contribution is -2.05. The highest BCUT2D eigenvalue weighted by molar-refractivity contribution is 9.10. The minimum absolute atomic E-state index is 0.0787. The van der Waals surface area contributed by atoms with Crippen molar-refractivity contribution in [3.63, 3.8) is 0 Å². The molecule has 12 heavy (non-hydrogen) atoms. The zero-order valence-corrected chi connectivity index (χ0v) is 8.17. The van der Waals surface area contributed by atoms with Gasteiger partial charge in [-0.1, -0.05) is 6.07 Å². The molecule has 0 heterocycles. The highest BCUT2D eigenvalue weighted by Crippen LogP contribution is 2.36. The largest absolute Gasteiger partial charge is 0.417 e. The highest BCUT2D eigenvalue weighted by atomic mass is 79.9. The fourth-order valence-electron chi connectivity index (χ4n) is 0.744. The molecule has 0 fully saturated rings. The van der Waals surface area contributed by atoms with E-state index in [-0.39, 0.29) is 4.90 Å². The lowest BCUT2D eigenvalue weighted by molar-refractivity contribution is -0.139. The first-order valence-electron chi connectivity index (χ1n) is 2.97. The average molecular weight is 257 g/mol. The Hall–Kier alpha value is -0.160. The summed E-state index contributed by atoms with van der Waals surface area (Å²) in [4.78, 5) is -0.0787. The Morgan fingerprint density at radius 3 is 2.25 bits per heavy atom. The minimum Gasteiger partial charge on any atom is -0.166 e. The Kier molecular flexibility index (Phi) is 2.73. The summed E-state index contributed by atoms with van der Waals surface area (Å²) in [6, 6.07) is 3.83. The Morgan fingerprint density at radius 1 is 1.25 bits per heavy atom. The highest BCUT2D eigenvalue weighted by Gasteiger charge is 2.32. The summed E-state index contributed by atoms with van der Waals surface area (Å²) in [5, 5.41) is 0. The molecule has 1 aromatic rings. The van der Waals surface area contributed by atoms with Crippen LogP contribution in [0.25, 0.3) is 0 Å². The number of rotatable bonds is 0. The lowest BCUT2D eigenvalue weighted by atomic mass is 10.2. The van der Waals surface area contributed by atoms with Crippen LogP contribution >= 0.6 is 28.6 Å². The first-order valence-corrected chi connectivity index (χ1v) is 4.21. The molecule has 0 amide bonds. The molecule has 0 aliphatic rings. The van der Waals surface area contributed by atoms with Crippen molar-refractivity contribution in [2.24, 2.45) is 0 Å². The predicted octanol–water partition coefficient (Wildman–Crippen LogP) is 3.76. The topological polar surface area (TPSA) is 0 Å². The molecular weight excluding hydrogens is 253 g/mol. The van der Waals surface area contributed by atoms with Gasteiger partial charge in [0, 0.05) is 9.37 Å². The minimum atomic E-state index is -4.33. The van der Waals surface area contributed by atoms with E-state index in [1.807, 2.05) is 0 Å². The summed E-state index contributed by atoms with van der Waals surface area (Å²) in [5.41, 5.74) is -0.722. The fraction of sp³-hybridized carbons (Fsp3) is 0.143. The van der Waals surface area contributed by atoms with Crippen molar-refractivity contribution in [3.05, 3.63) is 28.2 Å². The van der Waals surface area contributed by atoms with Gasteiger partial charge in [0.25, 0.3) is 0 Å². The maximum Gasteiger partial charge on any atom is 0.417 e. The van der Waals surface area contributed by atoms with Crippen molar-refractivity contribution in [3.8, 4) is 0 Å². The van der Waals surface area contributed by atoms with Gasteiger partial charge in [-0.25, -0.2) is 0 Å². The zero-order chi connectivity index (χ0) is 9.35. The molecule has 0 saturated heterocycles. The maximum atomic E-state index is 12.2. The van der Waals surface area contributed by atoms with E-state index < -0.39 is 11.7 Å². The number of thiol groups is 1. The van der Waals surface area contributed by atoms with Crippen molar-refractivity contribution in [2.75, 3.05) is 0 Å². The van der Waals surface area contributed by atoms with E-state index in [1.165, 1.54) is 12.1 Å². The normalized spacial score (nSPS) is 11.8. The number of hydrogen-bond acceptors (Lipinski definition) is 1.